The number of nitrogens with zero attached hydrogens (tertiary/aromatic N) is 9. The lowest BCUT2D eigenvalue weighted by atomic mass is 9.95. The first-order valence-corrected chi connectivity index (χ1v) is 21.5. The number of primary amides is 1. The Kier molecular flexibility index (Phi) is 10.5. The summed E-state index contributed by atoms with van der Waals surface area (Å²) >= 11 is 0. The van der Waals surface area contributed by atoms with Crippen LogP contribution in [0.3, 0.4) is 0 Å². The highest BCUT2D eigenvalue weighted by molar-refractivity contribution is 6.06. The largest absolute Gasteiger partial charge is 0.372 e. The Balaban J connectivity index is 0.757. The number of carbonyl (C=O) groups is 3. The van der Waals surface area contributed by atoms with Crippen molar-refractivity contribution in [3.63, 3.8) is 0 Å². The van der Waals surface area contributed by atoms with Crippen molar-refractivity contribution in [1.82, 2.24) is 35.1 Å². The molecule has 10 rings (SSSR count). The number of anilines is 5. The second-order valence-corrected chi connectivity index (χ2v) is 16.6. The van der Waals surface area contributed by atoms with E-state index in [9.17, 15) is 14.4 Å². The maximum Gasteiger partial charge on any atom is 0.328 e. The molecule has 3 saturated heterocycles. The number of fused-ring (bicyclic) bond motifs is 2. The fourth-order valence-corrected chi connectivity index (χ4v) is 9.25. The fraction of sp³-hybridized carbons (Fsp3) is 0.326. The van der Waals surface area contributed by atoms with E-state index in [-0.39, 0.29) is 40.2 Å². The van der Waals surface area contributed by atoms with Crippen molar-refractivity contribution in [2.45, 2.75) is 39.2 Å². The van der Waals surface area contributed by atoms with Crippen LogP contribution in [-0.4, -0.2) is 100 Å². The van der Waals surface area contributed by atoms with Gasteiger partial charge in [0.1, 0.15) is 28.6 Å². The predicted octanol–water partition coefficient (Wildman–Crippen LogP) is 5.99. The number of aryl methyl sites for hydroxylation is 2. The molecular weight excluding hydrogens is 804 g/mol. The van der Waals surface area contributed by atoms with Gasteiger partial charge in [0.2, 0.25) is 11.7 Å². The molecule has 0 unspecified atom stereocenters. The second kappa shape index (κ2) is 16.6. The van der Waals surface area contributed by atoms with Gasteiger partial charge in [-0.2, -0.15) is 10.1 Å². The third-order valence-electron chi connectivity index (χ3n) is 12.8. The summed E-state index contributed by atoms with van der Waals surface area (Å²) in [6.07, 6.45) is 4.85. The number of amides is 4. The van der Waals surface area contributed by atoms with Gasteiger partial charge in [-0.15, -0.1) is 0 Å². The number of urea groups is 1. The van der Waals surface area contributed by atoms with Crippen LogP contribution >= 0.6 is 0 Å². The molecule has 3 fully saturated rings. The molecule has 0 radical (unpaired) electrons. The summed E-state index contributed by atoms with van der Waals surface area (Å²) in [6, 6.07) is 22.7. The molecule has 4 aliphatic heterocycles. The number of aromatic nitrogens is 5. The highest BCUT2D eigenvalue weighted by Gasteiger charge is 2.31. The number of benzene rings is 3. The molecule has 4 aliphatic rings. The topological polar surface area (TPSA) is 184 Å². The van der Waals surface area contributed by atoms with Gasteiger partial charge in [-0.1, -0.05) is 11.2 Å². The van der Waals surface area contributed by atoms with Crippen LogP contribution in [0.25, 0.3) is 34.2 Å². The Hall–Kier alpha value is -7.14. The van der Waals surface area contributed by atoms with E-state index in [1.165, 1.54) is 0 Å². The van der Waals surface area contributed by atoms with Crippen LogP contribution in [0.4, 0.5) is 37.8 Å². The van der Waals surface area contributed by atoms with Gasteiger partial charge in [-0.25, -0.2) is 13.9 Å². The zero-order valence-electron chi connectivity index (χ0n) is 34.9. The monoisotopic (exact) mass is 850 g/mol. The highest BCUT2D eigenvalue weighted by Crippen LogP contribution is 2.39. The van der Waals surface area contributed by atoms with Crippen LogP contribution in [0.5, 0.6) is 0 Å². The molecule has 0 aliphatic carbocycles. The van der Waals surface area contributed by atoms with E-state index in [2.05, 4.69) is 64.7 Å². The minimum absolute atomic E-state index is 0.119. The van der Waals surface area contributed by atoms with E-state index in [4.69, 9.17) is 15.4 Å². The number of hydrogen-bond acceptors (Lipinski definition) is 12. The molecule has 6 aromatic rings. The Morgan fingerprint density at radius 3 is 2.33 bits per heavy atom. The Bertz CT molecular complexity index is 2700. The minimum atomic E-state index is -0.711. The van der Waals surface area contributed by atoms with Gasteiger partial charge < -0.3 is 25.4 Å². The first-order chi connectivity index (χ1) is 30.7. The van der Waals surface area contributed by atoms with Crippen molar-refractivity contribution in [2.24, 2.45) is 11.7 Å². The zero-order chi connectivity index (χ0) is 43.2. The number of carbonyl (C=O) groups excluding carboxylic acids is 3. The molecule has 3 aromatic carbocycles. The van der Waals surface area contributed by atoms with Gasteiger partial charge in [0.25, 0.3) is 11.8 Å². The summed E-state index contributed by atoms with van der Waals surface area (Å²) in [5, 5.41) is 14.6. The summed E-state index contributed by atoms with van der Waals surface area (Å²) in [5.41, 5.74) is 12.7. The maximum absolute atomic E-state index is 16.2. The molecule has 322 valence electrons. The molecule has 0 saturated carbocycles. The fourth-order valence-electron chi connectivity index (χ4n) is 9.25. The average Bonchev–Trinajstić information content (AvgIpc) is 3.89. The molecule has 4 N–H and O–H groups in total. The van der Waals surface area contributed by atoms with Gasteiger partial charge in [-0.3, -0.25) is 29.7 Å². The smallest absolute Gasteiger partial charge is 0.328 e. The number of rotatable bonds is 9. The standard InChI is InChI=1S/C46H47FN12O4/c1-28-34(45-52-43(54-63-45)37-4-2-3-17-49-37)10-11-35(40(28)47)41-39(42(48)61)44-50-36-12-9-33(26-30(36)15-21-59(44)53-41)57-24-22-55(23-25-57)27-29-13-18-56(19-14-29)31-5-7-32(8-6-31)58-20-16-38(60)51-46(58)62/h2-12,17,26,29,50H,13-16,18-25,27H2,1H3,(H2,48,61)(H,51,60,62). The van der Waals surface area contributed by atoms with Crippen LogP contribution in [0.2, 0.25) is 0 Å². The lowest BCUT2D eigenvalue weighted by molar-refractivity contribution is -0.120. The SMILES string of the molecule is Cc1c(-c2nc(-c3ccccn3)no2)ccc(-c2nn3c(c2C(N)=O)Nc2ccc(N4CCN(CC5CCN(c6ccc(N7CCC(=O)NC7=O)cc6)CC5)CC4)cc2CC3)c1F. The van der Waals surface area contributed by atoms with Crippen LogP contribution < -0.4 is 31.1 Å². The quantitative estimate of drug-likeness (QED) is 0.155. The minimum Gasteiger partial charge on any atom is -0.372 e. The van der Waals surface area contributed by atoms with E-state index >= 15 is 4.39 Å². The number of pyridine rings is 1. The maximum atomic E-state index is 16.2. The number of halogens is 1. The summed E-state index contributed by atoms with van der Waals surface area (Å²) in [7, 11) is 0. The predicted molar refractivity (Wildman–Crippen MR) is 236 cm³/mol. The number of nitrogens with two attached hydrogens (primary N) is 1. The molecule has 3 aromatic heterocycles. The van der Waals surface area contributed by atoms with Crippen molar-refractivity contribution >= 4 is 46.4 Å². The van der Waals surface area contributed by atoms with E-state index in [1.807, 2.05) is 24.3 Å². The van der Waals surface area contributed by atoms with Crippen molar-refractivity contribution in [1.29, 1.82) is 0 Å². The van der Waals surface area contributed by atoms with E-state index in [0.29, 0.717) is 54.7 Å². The number of hydrogen-bond donors (Lipinski definition) is 3. The molecule has 63 heavy (non-hydrogen) atoms. The Morgan fingerprint density at radius 1 is 0.841 bits per heavy atom. The number of imide groups is 1. The normalized spacial score (nSPS) is 17.2. The number of nitrogens with one attached hydrogen (secondary N) is 2. The third kappa shape index (κ3) is 7.84. The van der Waals surface area contributed by atoms with Gasteiger partial charge in [0.05, 0.1) is 0 Å². The first-order valence-electron chi connectivity index (χ1n) is 21.5. The van der Waals surface area contributed by atoms with Crippen molar-refractivity contribution < 1.29 is 23.3 Å². The Morgan fingerprint density at radius 2 is 1.59 bits per heavy atom. The van der Waals surface area contributed by atoms with Crippen LogP contribution in [0.15, 0.2) is 83.5 Å². The number of piperidine rings is 1. The molecule has 7 heterocycles. The summed E-state index contributed by atoms with van der Waals surface area (Å²) in [4.78, 5) is 54.6. The van der Waals surface area contributed by atoms with Gasteiger partial charge in [0.15, 0.2) is 0 Å². The second-order valence-electron chi connectivity index (χ2n) is 16.6. The highest BCUT2D eigenvalue weighted by atomic mass is 19.1. The molecule has 4 amide bonds. The average molecular weight is 851 g/mol. The van der Waals surface area contributed by atoms with Crippen molar-refractivity contribution in [3.8, 4) is 34.2 Å². The van der Waals surface area contributed by atoms with Gasteiger partial charge in [-0.05, 0) is 110 Å². The van der Waals surface area contributed by atoms with E-state index in [0.717, 1.165) is 87.0 Å². The lowest BCUT2D eigenvalue weighted by Gasteiger charge is -2.40. The Labute approximate surface area is 362 Å². The van der Waals surface area contributed by atoms with Crippen LogP contribution in [-0.2, 0) is 17.8 Å². The summed E-state index contributed by atoms with van der Waals surface area (Å²) < 4.78 is 23.4. The molecule has 17 heteroatoms. The van der Waals surface area contributed by atoms with Gasteiger partial charge >= 0.3 is 6.03 Å². The van der Waals surface area contributed by atoms with E-state index in [1.54, 1.807) is 47.0 Å². The molecule has 0 bridgehead atoms. The van der Waals surface area contributed by atoms with Crippen molar-refractivity contribution in [2.75, 3.05) is 72.4 Å². The van der Waals surface area contributed by atoms with Crippen LogP contribution in [0.1, 0.15) is 40.7 Å². The summed E-state index contributed by atoms with van der Waals surface area (Å²) in [6.45, 7) is 9.41. The third-order valence-corrected chi connectivity index (χ3v) is 12.8. The first kappa shape index (κ1) is 40.0. The molecule has 0 spiro atoms. The van der Waals surface area contributed by atoms with E-state index < -0.39 is 11.7 Å². The zero-order valence-corrected chi connectivity index (χ0v) is 34.9. The van der Waals surface area contributed by atoms with Gasteiger partial charge in [0, 0.05) is 105 Å². The molecule has 0 atom stereocenters. The summed E-state index contributed by atoms with van der Waals surface area (Å²) in [5.74, 6) is 0.00394. The lowest BCUT2D eigenvalue weighted by Crippen LogP contribution is -2.49. The van der Waals surface area contributed by atoms with Crippen LogP contribution in [0, 0.1) is 18.7 Å². The number of piperazine rings is 1. The van der Waals surface area contributed by atoms with Crippen molar-refractivity contribution in [3.05, 3.63) is 102 Å². The molecular formula is C46H47FN12O4. The molecule has 16 nitrogen and oxygen atoms in total.